The maximum atomic E-state index is 8.24. The summed E-state index contributed by atoms with van der Waals surface area (Å²) in [6, 6.07) is 0. The Bertz CT molecular complexity index is 67.7. The molecule has 0 saturated heterocycles. The second-order valence-corrected chi connectivity index (χ2v) is 0.183. The van der Waals surface area contributed by atoms with Gasteiger partial charge >= 0.3 is 9.90 Å². The van der Waals surface area contributed by atoms with E-state index < -0.39 is 0 Å². The summed E-state index contributed by atoms with van der Waals surface area (Å²) in [6.45, 7) is 0. The predicted octanol–water partition coefficient (Wildman–Crippen LogP) is 0.644. The van der Waals surface area contributed by atoms with Gasteiger partial charge in [-0.3, -0.25) is 9.59 Å². The van der Waals surface area contributed by atoms with Crippen LogP contribution in [0.4, 0.5) is 0 Å². The van der Waals surface area contributed by atoms with Crippen molar-refractivity contribution in [2.45, 2.75) is 0 Å². The van der Waals surface area contributed by atoms with Crippen LogP contribution in [0.25, 0.3) is 10.8 Å². The summed E-state index contributed by atoms with van der Waals surface area (Å²) in [5, 5.41) is 13.5. The Morgan fingerprint density at radius 3 is 1.00 bits per heavy atom. The summed E-state index contributed by atoms with van der Waals surface area (Å²) in [5.74, 6) is 0. The number of hydrogen-bond acceptors (Lipinski definition) is 2. The van der Waals surface area contributed by atoms with Crippen molar-refractivity contribution in [3.8, 4) is 0 Å². The van der Waals surface area contributed by atoms with Gasteiger partial charge in [0.05, 0.1) is 0 Å². The molecule has 7 heavy (non-hydrogen) atoms. The van der Waals surface area contributed by atoms with Gasteiger partial charge in [0, 0.05) is 0 Å². The first-order valence-electron chi connectivity index (χ1n) is 0.855. The number of rotatable bonds is 0. The monoisotopic (exact) mass is 115 g/mol. The summed E-state index contributed by atoms with van der Waals surface area (Å²) in [6.07, 6.45) is 1.00. The van der Waals surface area contributed by atoms with Crippen molar-refractivity contribution in [1.29, 1.82) is 0 Å². The van der Waals surface area contributed by atoms with E-state index in [0.717, 1.165) is 0 Å². The first kappa shape index (κ1) is 16.6. The molecule has 0 amide bonds. The minimum absolute atomic E-state index is 0. The maximum Gasteiger partial charge on any atom is 2.00 e. The van der Waals surface area contributed by atoms with E-state index in [1.165, 1.54) is 0 Å². The fourth-order valence-electron chi connectivity index (χ4n) is 0. The van der Waals surface area contributed by atoms with Gasteiger partial charge in [-0.05, 0) is 12.2 Å². The molecular weight excluding hydrogens is 115 g/mol. The van der Waals surface area contributed by atoms with Gasteiger partial charge < -0.3 is 10.8 Å². The van der Waals surface area contributed by atoms with Crippen LogP contribution < -0.4 is 0 Å². The molecule has 0 aromatic carbocycles. The van der Waals surface area contributed by atoms with Crippen LogP contribution in [0.5, 0.6) is 0 Å². The summed E-state index contributed by atoms with van der Waals surface area (Å²) >= 11 is 0. The van der Waals surface area contributed by atoms with E-state index in [-0.39, 0.29) is 9.90 Å². The summed E-state index contributed by atoms with van der Waals surface area (Å²) in [7, 11) is 0. The topological polar surface area (TPSA) is 78.7 Å². The van der Waals surface area contributed by atoms with Gasteiger partial charge in [0.15, 0.2) is 0 Å². The Kier molecular flexibility index (Phi) is 176. The molecule has 0 N–H and O–H groups in total. The fraction of sp³-hybridized carbons (Fsp3) is 0. The lowest BCUT2D eigenvalue weighted by atomic mass is 11.7. The molecule has 0 atom stereocenters. The number of nitrogens with zero attached hydrogens (tertiary/aromatic N) is 2. The lowest BCUT2D eigenvalue weighted by molar-refractivity contribution is 0.568. The number of isocyanates is 2. The van der Waals surface area contributed by atoms with Crippen LogP contribution in [0.15, 0.2) is 0 Å². The highest BCUT2D eigenvalue weighted by Gasteiger charge is 2.00. The van der Waals surface area contributed by atoms with Gasteiger partial charge in [-0.1, -0.05) is 0 Å². The lowest BCUT2D eigenvalue weighted by Crippen LogP contribution is -1.13. The smallest absolute Gasteiger partial charge is 0.724 e. The van der Waals surface area contributed by atoms with Crippen molar-refractivity contribution in [1.82, 2.24) is 0 Å². The molecule has 0 aliphatic carbocycles. The number of hydrogen-bond donors (Lipinski definition) is 0. The van der Waals surface area contributed by atoms with Gasteiger partial charge in [0.2, 0.25) is 0 Å². The van der Waals surface area contributed by atoms with Gasteiger partial charge in [-0.15, -0.1) is 0 Å². The molecular formula is C2N2O2P. The van der Waals surface area contributed by atoms with E-state index in [1.807, 2.05) is 0 Å². The van der Waals surface area contributed by atoms with Crippen molar-refractivity contribution in [3.05, 3.63) is 10.8 Å². The van der Waals surface area contributed by atoms with Crippen molar-refractivity contribution < 1.29 is 9.59 Å². The second kappa shape index (κ2) is 74.2. The number of carbonyl (C=O) groups excluding carboxylic acids is 2. The molecule has 0 aromatic heterocycles. The van der Waals surface area contributed by atoms with E-state index in [9.17, 15) is 0 Å². The molecule has 5 heteroatoms. The molecule has 0 aromatic rings. The minimum Gasteiger partial charge on any atom is -0.724 e. The van der Waals surface area contributed by atoms with E-state index in [0.29, 0.717) is 12.2 Å². The Hall–Kier alpha value is -0.940. The van der Waals surface area contributed by atoms with Gasteiger partial charge in [0.1, 0.15) is 0 Å². The molecule has 0 aliphatic rings. The Morgan fingerprint density at radius 2 is 1.00 bits per heavy atom. The fourth-order valence-corrected chi connectivity index (χ4v) is 0. The van der Waals surface area contributed by atoms with Crippen LogP contribution in [-0.4, -0.2) is 12.2 Å². The van der Waals surface area contributed by atoms with E-state index in [1.54, 1.807) is 0 Å². The summed E-state index contributed by atoms with van der Waals surface area (Å²) in [4.78, 5) is 16.5. The third kappa shape index (κ3) is 53.6. The molecule has 3 radical (unpaired) electrons. The van der Waals surface area contributed by atoms with Crippen LogP contribution in [0.2, 0.25) is 0 Å². The highest BCUT2D eigenvalue weighted by Crippen LogP contribution is 0.952. The SMILES string of the molecule is [N-]=C=O.[N-]=C=O.[P+2]. The molecule has 0 bridgehead atoms. The third-order valence-electron chi connectivity index (χ3n) is 0. The molecule has 0 aliphatic heterocycles. The molecule has 0 rings (SSSR count). The Balaban J connectivity index is -0.0000000400. The van der Waals surface area contributed by atoms with Gasteiger partial charge in [0.25, 0.3) is 0 Å². The zero-order valence-corrected chi connectivity index (χ0v) is 4.05. The Labute approximate surface area is 43.6 Å². The summed E-state index contributed by atoms with van der Waals surface area (Å²) < 4.78 is 0. The highest BCUT2D eigenvalue weighted by molar-refractivity contribution is 6.92. The molecule has 4 nitrogen and oxygen atoms in total. The van der Waals surface area contributed by atoms with E-state index >= 15 is 0 Å². The zero-order chi connectivity index (χ0) is 5.41. The molecule has 0 heterocycles. The zero-order valence-electron chi connectivity index (χ0n) is 3.16. The summed E-state index contributed by atoms with van der Waals surface area (Å²) in [5.41, 5.74) is 0. The standard InChI is InChI=1S/2CNO.P/c2*2-1-3;/q2*-1;+2. The average Bonchev–Trinajstić information content (AvgIpc) is 1.39. The van der Waals surface area contributed by atoms with Crippen LogP contribution in [0, 0.1) is 0 Å². The first-order valence-corrected chi connectivity index (χ1v) is 0.855. The third-order valence-corrected chi connectivity index (χ3v) is 0. The van der Waals surface area contributed by atoms with Crippen molar-refractivity contribution in [3.63, 3.8) is 0 Å². The Morgan fingerprint density at radius 1 is 1.00 bits per heavy atom. The first-order chi connectivity index (χ1) is 2.83. The van der Waals surface area contributed by atoms with Crippen LogP contribution >= 0.6 is 9.90 Å². The molecule has 35 valence electrons. The predicted molar refractivity (Wildman–Crippen MR) is 25.0 cm³/mol. The molecule has 0 fully saturated rings. The molecule has 0 spiro atoms. The van der Waals surface area contributed by atoms with Gasteiger partial charge in [-0.2, -0.15) is 0 Å². The quantitative estimate of drug-likeness (QED) is 0.264. The second-order valence-electron chi connectivity index (χ2n) is 0.183. The van der Waals surface area contributed by atoms with Crippen LogP contribution in [0.3, 0.4) is 0 Å². The molecule has 0 unspecified atom stereocenters. The van der Waals surface area contributed by atoms with Gasteiger partial charge in [-0.25, -0.2) is 0 Å². The highest BCUT2D eigenvalue weighted by atomic mass is 31.0. The maximum absolute atomic E-state index is 8.24. The van der Waals surface area contributed by atoms with Crippen molar-refractivity contribution in [2.75, 3.05) is 0 Å². The lowest BCUT2D eigenvalue weighted by Gasteiger charge is -1.32. The normalized spacial score (nSPS) is 2.29. The van der Waals surface area contributed by atoms with Crippen molar-refractivity contribution >= 4 is 22.1 Å². The van der Waals surface area contributed by atoms with E-state index in [2.05, 4.69) is 0 Å². The molecule has 0 saturated carbocycles. The minimum atomic E-state index is 0. The van der Waals surface area contributed by atoms with Crippen molar-refractivity contribution in [2.24, 2.45) is 0 Å². The largest absolute Gasteiger partial charge is 2.00 e. The van der Waals surface area contributed by atoms with E-state index in [4.69, 9.17) is 20.4 Å². The average molecular weight is 115 g/mol. The van der Waals surface area contributed by atoms with Crippen LogP contribution in [0.1, 0.15) is 0 Å². The van der Waals surface area contributed by atoms with Crippen LogP contribution in [-0.2, 0) is 9.59 Å².